The molecule has 1 unspecified atom stereocenters. The van der Waals surface area contributed by atoms with E-state index in [0.29, 0.717) is 10.8 Å². The maximum absolute atomic E-state index is 12.5. The molecule has 0 saturated carbocycles. The lowest BCUT2D eigenvalue weighted by Gasteiger charge is -2.23. The highest BCUT2D eigenvalue weighted by Gasteiger charge is 2.40. The first-order valence-corrected chi connectivity index (χ1v) is 9.71. The van der Waals surface area contributed by atoms with Gasteiger partial charge < -0.3 is 14.9 Å². The number of hydroxylamine groups is 2. The highest BCUT2D eigenvalue weighted by molar-refractivity contribution is 7.98. The maximum atomic E-state index is 12.5. The van der Waals surface area contributed by atoms with Crippen LogP contribution >= 0.6 is 11.8 Å². The lowest BCUT2D eigenvalue weighted by molar-refractivity contribution is -0.171. The minimum Gasteiger partial charge on any atom is -0.444 e. The molecule has 1 N–H and O–H groups in total. The summed E-state index contributed by atoms with van der Waals surface area (Å²) in [7, 11) is 0. The lowest BCUT2D eigenvalue weighted by atomic mass is 10.1. The minimum atomic E-state index is -1.06. The van der Waals surface area contributed by atoms with Gasteiger partial charge >= 0.3 is 12.1 Å². The van der Waals surface area contributed by atoms with E-state index >= 15 is 0 Å². The van der Waals surface area contributed by atoms with Crippen molar-refractivity contribution in [3.63, 3.8) is 0 Å². The van der Waals surface area contributed by atoms with E-state index in [9.17, 15) is 19.2 Å². The fraction of sp³-hybridized carbons (Fsp3) is 0.444. The van der Waals surface area contributed by atoms with Gasteiger partial charge in [-0.2, -0.15) is 11.8 Å². The molecule has 2 rings (SSSR count). The third-order valence-corrected chi connectivity index (χ3v) is 4.17. The van der Waals surface area contributed by atoms with Crippen molar-refractivity contribution in [2.45, 2.75) is 38.8 Å². The Kier molecular flexibility index (Phi) is 6.48. The van der Waals surface area contributed by atoms with Gasteiger partial charge in [-0.25, -0.2) is 9.59 Å². The number of hydrogen-bond acceptors (Lipinski definition) is 7. The third kappa shape index (κ3) is 5.22. The molecule has 0 radical (unpaired) electrons. The summed E-state index contributed by atoms with van der Waals surface area (Å²) in [5.74, 6) is -1.79. The van der Waals surface area contributed by atoms with Crippen LogP contribution < -0.4 is 5.32 Å². The Morgan fingerprint density at radius 2 is 1.70 bits per heavy atom. The van der Waals surface area contributed by atoms with Crippen molar-refractivity contribution in [1.29, 1.82) is 0 Å². The summed E-state index contributed by atoms with van der Waals surface area (Å²) in [6.07, 6.45) is 1.32. The number of imide groups is 1. The van der Waals surface area contributed by atoms with Gasteiger partial charge in [0.1, 0.15) is 11.6 Å². The molecule has 8 nitrogen and oxygen atoms in total. The summed E-state index contributed by atoms with van der Waals surface area (Å²) in [6, 6.07) is 5.12. The molecule has 0 saturated heterocycles. The fourth-order valence-corrected chi connectivity index (χ4v) is 2.81. The molecule has 1 atom stereocenters. The molecule has 9 heteroatoms. The van der Waals surface area contributed by atoms with Gasteiger partial charge in [-0.3, -0.25) is 9.59 Å². The molecule has 1 heterocycles. The van der Waals surface area contributed by atoms with E-state index in [4.69, 9.17) is 9.57 Å². The van der Waals surface area contributed by atoms with Crippen LogP contribution in [-0.4, -0.2) is 52.6 Å². The molecule has 3 amide bonds. The van der Waals surface area contributed by atoms with Gasteiger partial charge in [0.25, 0.3) is 11.8 Å². The van der Waals surface area contributed by atoms with E-state index in [1.165, 1.54) is 23.9 Å². The number of alkyl carbamates (subject to hydrolysis) is 1. The van der Waals surface area contributed by atoms with Gasteiger partial charge in [-0.1, -0.05) is 17.2 Å². The van der Waals surface area contributed by atoms with Crippen LogP contribution in [0.4, 0.5) is 4.79 Å². The Labute approximate surface area is 161 Å². The molecule has 0 aliphatic carbocycles. The highest BCUT2D eigenvalue weighted by Crippen LogP contribution is 2.23. The van der Waals surface area contributed by atoms with Crippen molar-refractivity contribution in [3.8, 4) is 0 Å². The monoisotopic (exact) mass is 394 g/mol. The smallest absolute Gasteiger partial charge is 0.408 e. The summed E-state index contributed by atoms with van der Waals surface area (Å²) in [5, 5.41) is 2.86. The van der Waals surface area contributed by atoms with Crippen molar-refractivity contribution in [2.75, 3.05) is 12.0 Å². The van der Waals surface area contributed by atoms with E-state index in [1.54, 1.807) is 32.9 Å². The topological polar surface area (TPSA) is 102 Å². The number of hydrogen-bond donors (Lipinski definition) is 1. The molecule has 0 spiro atoms. The Morgan fingerprint density at radius 1 is 1.15 bits per heavy atom. The summed E-state index contributed by atoms with van der Waals surface area (Å²) in [6.45, 7) is 5.09. The van der Waals surface area contributed by atoms with Crippen molar-refractivity contribution in [1.82, 2.24) is 10.4 Å². The van der Waals surface area contributed by atoms with Crippen molar-refractivity contribution in [2.24, 2.45) is 0 Å². The minimum absolute atomic E-state index is 0.163. The summed E-state index contributed by atoms with van der Waals surface area (Å²) < 4.78 is 5.15. The number of rotatable bonds is 6. The second kappa shape index (κ2) is 8.43. The molecular formula is C18H22N2O6S. The predicted octanol–water partition coefficient (Wildman–Crippen LogP) is 2.39. The first-order valence-electron chi connectivity index (χ1n) is 8.32. The average molecular weight is 394 g/mol. The first kappa shape index (κ1) is 20.8. The third-order valence-electron chi connectivity index (χ3n) is 3.52. The largest absolute Gasteiger partial charge is 0.444 e. The van der Waals surface area contributed by atoms with Crippen LogP contribution in [0.5, 0.6) is 0 Å². The van der Waals surface area contributed by atoms with Crippen LogP contribution in [0.25, 0.3) is 0 Å². The average Bonchev–Trinajstić information content (AvgIpc) is 2.82. The Bertz CT molecular complexity index is 723. The van der Waals surface area contributed by atoms with Crippen molar-refractivity contribution >= 4 is 35.6 Å². The zero-order valence-corrected chi connectivity index (χ0v) is 16.4. The zero-order valence-electron chi connectivity index (χ0n) is 15.6. The molecular weight excluding hydrogens is 372 g/mol. The van der Waals surface area contributed by atoms with Crippen LogP contribution in [0.3, 0.4) is 0 Å². The number of fused-ring (bicyclic) bond motifs is 1. The van der Waals surface area contributed by atoms with Crippen molar-refractivity contribution < 1.29 is 28.8 Å². The van der Waals surface area contributed by atoms with Crippen LogP contribution in [0.1, 0.15) is 47.9 Å². The number of amides is 3. The number of nitrogens with zero attached hydrogens (tertiary/aromatic N) is 1. The molecule has 1 aliphatic rings. The second-order valence-electron chi connectivity index (χ2n) is 6.84. The van der Waals surface area contributed by atoms with Gasteiger partial charge in [0.2, 0.25) is 0 Å². The normalized spacial score (nSPS) is 14.6. The maximum Gasteiger partial charge on any atom is 0.408 e. The SMILES string of the molecule is CSCCC(NC(=O)OC(C)(C)C)C(=O)ON1C(=O)c2ccccc2C1=O. The first-order chi connectivity index (χ1) is 12.6. The lowest BCUT2D eigenvalue weighted by Crippen LogP contribution is -2.47. The molecule has 0 aromatic heterocycles. The van der Waals surface area contributed by atoms with Gasteiger partial charge in [0.05, 0.1) is 11.1 Å². The highest BCUT2D eigenvalue weighted by atomic mass is 32.2. The second-order valence-corrected chi connectivity index (χ2v) is 7.83. The van der Waals surface area contributed by atoms with Crippen LogP contribution in [0.15, 0.2) is 24.3 Å². The molecule has 0 bridgehead atoms. The predicted molar refractivity (Wildman–Crippen MR) is 99.2 cm³/mol. The van der Waals surface area contributed by atoms with Gasteiger partial charge in [0, 0.05) is 0 Å². The van der Waals surface area contributed by atoms with Gasteiger partial charge in [0.15, 0.2) is 0 Å². The van der Waals surface area contributed by atoms with Crippen molar-refractivity contribution in [3.05, 3.63) is 35.4 Å². The quantitative estimate of drug-likeness (QED) is 0.739. The summed E-state index contributed by atoms with van der Waals surface area (Å²) >= 11 is 1.47. The fourth-order valence-electron chi connectivity index (χ4n) is 2.34. The zero-order chi connectivity index (χ0) is 20.2. The van der Waals surface area contributed by atoms with E-state index in [-0.39, 0.29) is 17.5 Å². The molecule has 1 aromatic carbocycles. The number of ether oxygens (including phenoxy) is 1. The molecule has 1 aromatic rings. The van der Waals surface area contributed by atoms with E-state index < -0.39 is 35.5 Å². The Morgan fingerprint density at radius 3 is 2.19 bits per heavy atom. The molecule has 0 fully saturated rings. The van der Waals surface area contributed by atoms with Crippen LogP contribution in [0.2, 0.25) is 0 Å². The number of thioether (sulfide) groups is 1. The number of carbonyl (C=O) groups excluding carboxylic acids is 4. The van der Waals surface area contributed by atoms with Crippen LogP contribution in [-0.2, 0) is 14.4 Å². The molecule has 27 heavy (non-hydrogen) atoms. The summed E-state index contributed by atoms with van der Waals surface area (Å²) in [4.78, 5) is 54.1. The molecule has 1 aliphatic heterocycles. The van der Waals surface area contributed by atoms with Gasteiger partial charge in [-0.15, -0.1) is 0 Å². The number of benzene rings is 1. The Balaban J connectivity index is 2.09. The number of nitrogens with one attached hydrogen (secondary N) is 1. The molecule has 146 valence electrons. The standard InChI is InChI=1S/C18H22N2O6S/c1-18(2,3)25-17(24)19-13(9-10-27-4)16(23)26-20-14(21)11-7-5-6-8-12(11)15(20)22/h5-8,13H,9-10H2,1-4H3,(H,19,24). The Hall–Kier alpha value is -2.55. The van der Waals surface area contributed by atoms with Gasteiger partial charge in [-0.05, 0) is 51.3 Å². The van der Waals surface area contributed by atoms with E-state index in [0.717, 1.165) is 0 Å². The van der Waals surface area contributed by atoms with E-state index in [2.05, 4.69) is 5.32 Å². The van der Waals surface area contributed by atoms with Crippen LogP contribution in [0, 0.1) is 0 Å². The van der Waals surface area contributed by atoms with E-state index in [1.807, 2.05) is 6.26 Å². The summed E-state index contributed by atoms with van der Waals surface area (Å²) in [5.41, 5.74) is -0.409. The number of carbonyl (C=O) groups is 4.